The Labute approximate surface area is 113 Å². The van der Waals surface area contributed by atoms with Crippen molar-refractivity contribution in [2.45, 2.75) is 6.92 Å². The van der Waals surface area contributed by atoms with E-state index in [1.54, 1.807) is 37.5 Å². The third-order valence-electron chi connectivity index (χ3n) is 3.05. The van der Waals surface area contributed by atoms with Crippen LogP contribution in [0.1, 0.15) is 15.9 Å². The van der Waals surface area contributed by atoms with E-state index in [-0.39, 0.29) is 5.91 Å². The summed E-state index contributed by atoms with van der Waals surface area (Å²) in [7, 11) is 3.55. The van der Waals surface area contributed by atoms with E-state index >= 15 is 0 Å². The predicted molar refractivity (Wildman–Crippen MR) is 77.7 cm³/mol. The van der Waals surface area contributed by atoms with E-state index < -0.39 is 0 Å². The molecule has 4 heteroatoms. The summed E-state index contributed by atoms with van der Waals surface area (Å²) in [6, 6.07) is 9.63. The first kappa shape index (κ1) is 13.1. The van der Waals surface area contributed by atoms with Crippen LogP contribution in [0.25, 0.3) is 0 Å². The topological polar surface area (TPSA) is 45.2 Å². The van der Waals surface area contributed by atoms with Gasteiger partial charge in [0.25, 0.3) is 5.91 Å². The maximum absolute atomic E-state index is 12.5. The maximum Gasteiger partial charge on any atom is 0.261 e. The quantitative estimate of drug-likeness (QED) is 0.917. The fourth-order valence-electron chi connectivity index (χ4n) is 1.85. The van der Waals surface area contributed by atoms with Crippen molar-refractivity contribution in [2.75, 3.05) is 24.3 Å². The summed E-state index contributed by atoms with van der Waals surface area (Å²) in [5.41, 5.74) is 3.37. The van der Waals surface area contributed by atoms with Gasteiger partial charge in [-0.05, 0) is 25.1 Å². The molecule has 1 aromatic carbocycles. The summed E-state index contributed by atoms with van der Waals surface area (Å²) in [5, 5.41) is 3.00. The number of carbonyl (C=O) groups excluding carboxylic acids is 1. The van der Waals surface area contributed by atoms with Gasteiger partial charge in [0.1, 0.15) is 0 Å². The highest BCUT2D eigenvalue weighted by atomic mass is 16.2. The van der Waals surface area contributed by atoms with Crippen molar-refractivity contribution >= 4 is 17.3 Å². The highest BCUT2D eigenvalue weighted by Gasteiger charge is 2.16. The molecule has 0 bridgehead atoms. The molecule has 0 aliphatic carbocycles. The molecule has 1 amide bonds. The molecule has 19 heavy (non-hydrogen) atoms. The Morgan fingerprint density at radius 2 is 1.89 bits per heavy atom. The van der Waals surface area contributed by atoms with Crippen LogP contribution >= 0.6 is 0 Å². The summed E-state index contributed by atoms with van der Waals surface area (Å²) in [6.45, 7) is 2.02. The average Bonchev–Trinajstić information content (AvgIpc) is 2.46. The van der Waals surface area contributed by atoms with Crippen molar-refractivity contribution in [3.05, 3.63) is 53.9 Å². The average molecular weight is 255 g/mol. The van der Waals surface area contributed by atoms with Crippen LogP contribution < -0.4 is 10.2 Å². The van der Waals surface area contributed by atoms with E-state index in [9.17, 15) is 4.79 Å². The van der Waals surface area contributed by atoms with Gasteiger partial charge in [-0.2, -0.15) is 0 Å². The zero-order valence-electron chi connectivity index (χ0n) is 11.3. The molecule has 2 aromatic rings. The van der Waals surface area contributed by atoms with E-state index in [1.807, 2.05) is 31.2 Å². The van der Waals surface area contributed by atoms with Crippen LogP contribution in [0.4, 0.5) is 11.4 Å². The lowest BCUT2D eigenvalue weighted by Crippen LogP contribution is -2.27. The van der Waals surface area contributed by atoms with Crippen molar-refractivity contribution in [3.63, 3.8) is 0 Å². The normalized spacial score (nSPS) is 10.1. The van der Waals surface area contributed by atoms with Gasteiger partial charge >= 0.3 is 0 Å². The minimum atomic E-state index is -0.0821. The molecule has 2 rings (SSSR count). The molecule has 0 saturated heterocycles. The van der Waals surface area contributed by atoms with Crippen LogP contribution in [0.15, 0.2) is 42.7 Å². The third kappa shape index (κ3) is 2.73. The number of aryl methyl sites for hydroxylation is 1. The molecular weight excluding hydrogens is 238 g/mol. The first-order valence-electron chi connectivity index (χ1n) is 6.10. The molecule has 0 aliphatic rings. The molecule has 1 aromatic heterocycles. The number of rotatable bonds is 3. The maximum atomic E-state index is 12.5. The van der Waals surface area contributed by atoms with Crippen LogP contribution in [-0.4, -0.2) is 25.0 Å². The van der Waals surface area contributed by atoms with E-state index in [0.29, 0.717) is 5.56 Å². The minimum Gasteiger partial charge on any atom is -0.387 e. The van der Waals surface area contributed by atoms with Gasteiger partial charge in [0, 0.05) is 37.9 Å². The lowest BCUT2D eigenvalue weighted by atomic mass is 10.1. The van der Waals surface area contributed by atoms with Gasteiger partial charge in [-0.25, -0.2) is 0 Å². The number of hydrogen-bond donors (Lipinski definition) is 1. The number of anilines is 2. The second-order valence-corrected chi connectivity index (χ2v) is 4.37. The van der Waals surface area contributed by atoms with E-state index in [1.165, 1.54) is 5.56 Å². The molecule has 98 valence electrons. The number of nitrogens with one attached hydrogen (secondary N) is 1. The zero-order chi connectivity index (χ0) is 13.8. The van der Waals surface area contributed by atoms with Gasteiger partial charge in [0.2, 0.25) is 0 Å². The summed E-state index contributed by atoms with van der Waals surface area (Å²) >= 11 is 0. The SMILES string of the molecule is CNc1ccncc1C(=O)N(C)c1ccc(C)cc1. The third-order valence-corrected chi connectivity index (χ3v) is 3.05. The van der Waals surface area contributed by atoms with Crippen LogP contribution in [0.3, 0.4) is 0 Å². The Morgan fingerprint density at radius 3 is 2.53 bits per heavy atom. The number of nitrogens with zero attached hydrogens (tertiary/aromatic N) is 2. The standard InChI is InChI=1S/C15H17N3O/c1-11-4-6-12(7-5-11)18(3)15(19)13-10-17-9-8-14(13)16-2/h4-10H,1-3H3,(H,16,17). The Bertz CT molecular complexity index is 578. The second-order valence-electron chi connectivity index (χ2n) is 4.37. The summed E-state index contributed by atoms with van der Waals surface area (Å²) < 4.78 is 0. The Morgan fingerprint density at radius 1 is 1.21 bits per heavy atom. The fraction of sp³-hybridized carbons (Fsp3) is 0.200. The number of hydrogen-bond acceptors (Lipinski definition) is 3. The van der Waals surface area contributed by atoms with Crippen molar-refractivity contribution in [3.8, 4) is 0 Å². The van der Waals surface area contributed by atoms with Crippen molar-refractivity contribution in [1.29, 1.82) is 0 Å². The number of carbonyl (C=O) groups is 1. The fourth-order valence-corrected chi connectivity index (χ4v) is 1.85. The summed E-state index contributed by atoms with van der Waals surface area (Å²) in [5.74, 6) is -0.0821. The van der Waals surface area contributed by atoms with Gasteiger partial charge < -0.3 is 10.2 Å². The highest BCUT2D eigenvalue weighted by molar-refractivity contribution is 6.09. The lowest BCUT2D eigenvalue weighted by molar-refractivity contribution is 0.0993. The first-order chi connectivity index (χ1) is 9.13. The number of amides is 1. The number of pyridine rings is 1. The van der Waals surface area contributed by atoms with E-state index in [2.05, 4.69) is 10.3 Å². The molecule has 0 atom stereocenters. The van der Waals surface area contributed by atoms with Crippen molar-refractivity contribution in [1.82, 2.24) is 4.98 Å². The van der Waals surface area contributed by atoms with Gasteiger partial charge in [-0.3, -0.25) is 9.78 Å². The monoisotopic (exact) mass is 255 g/mol. The predicted octanol–water partition coefficient (Wildman–Crippen LogP) is 2.71. The van der Waals surface area contributed by atoms with E-state index in [4.69, 9.17) is 0 Å². The number of benzene rings is 1. The zero-order valence-corrected chi connectivity index (χ0v) is 11.3. The largest absolute Gasteiger partial charge is 0.387 e. The first-order valence-corrected chi connectivity index (χ1v) is 6.10. The van der Waals surface area contributed by atoms with Crippen molar-refractivity contribution in [2.24, 2.45) is 0 Å². The van der Waals surface area contributed by atoms with Crippen molar-refractivity contribution < 1.29 is 4.79 Å². The smallest absolute Gasteiger partial charge is 0.261 e. The molecule has 1 N–H and O–H groups in total. The minimum absolute atomic E-state index is 0.0821. The Balaban J connectivity index is 2.30. The van der Waals surface area contributed by atoms with Gasteiger partial charge in [-0.15, -0.1) is 0 Å². The molecule has 1 heterocycles. The molecule has 0 saturated carbocycles. The summed E-state index contributed by atoms with van der Waals surface area (Å²) in [6.07, 6.45) is 3.24. The summed E-state index contributed by atoms with van der Waals surface area (Å²) in [4.78, 5) is 18.1. The van der Waals surface area contributed by atoms with Crippen LogP contribution in [0.5, 0.6) is 0 Å². The van der Waals surface area contributed by atoms with Crippen LogP contribution in [-0.2, 0) is 0 Å². The van der Waals surface area contributed by atoms with Crippen LogP contribution in [0.2, 0.25) is 0 Å². The Kier molecular flexibility index (Phi) is 3.80. The highest BCUT2D eigenvalue weighted by Crippen LogP contribution is 2.20. The molecule has 0 spiro atoms. The molecule has 0 radical (unpaired) electrons. The lowest BCUT2D eigenvalue weighted by Gasteiger charge is -2.19. The molecule has 0 fully saturated rings. The number of aromatic nitrogens is 1. The van der Waals surface area contributed by atoms with Gasteiger partial charge in [-0.1, -0.05) is 17.7 Å². The molecule has 0 unspecified atom stereocenters. The van der Waals surface area contributed by atoms with E-state index in [0.717, 1.165) is 11.4 Å². The van der Waals surface area contributed by atoms with Crippen LogP contribution in [0, 0.1) is 6.92 Å². The second kappa shape index (κ2) is 5.52. The molecule has 4 nitrogen and oxygen atoms in total. The van der Waals surface area contributed by atoms with Gasteiger partial charge in [0.05, 0.1) is 5.56 Å². The van der Waals surface area contributed by atoms with Gasteiger partial charge in [0.15, 0.2) is 0 Å². The Hall–Kier alpha value is -2.36. The molecule has 0 aliphatic heterocycles. The molecular formula is C15H17N3O.